The highest BCUT2D eigenvalue weighted by atomic mass is 16.5. The Bertz CT molecular complexity index is 453. The number of nitrogens with one attached hydrogen (secondary N) is 1. The molecule has 0 unspecified atom stereocenters. The van der Waals surface area contributed by atoms with E-state index in [4.69, 9.17) is 25.4 Å². The summed E-state index contributed by atoms with van der Waals surface area (Å²) in [5, 5.41) is 7.45. The number of hydrogen-bond acceptors (Lipinski definition) is 4. The summed E-state index contributed by atoms with van der Waals surface area (Å²) >= 11 is 0. The summed E-state index contributed by atoms with van der Waals surface area (Å²) in [6.07, 6.45) is 0. The minimum absolute atomic E-state index is 0.0324. The molecule has 0 heterocycles. The minimum Gasteiger partial charge on any atom is -0.496 e. The van der Waals surface area contributed by atoms with Crippen molar-refractivity contribution < 1.29 is 14.2 Å². The smallest absolute Gasteiger partial charge is 0.124 e. The summed E-state index contributed by atoms with van der Waals surface area (Å²) in [5.41, 5.74) is 6.86. The van der Waals surface area contributed by atoms with Crippen molar-refractivity contribution in [2.24, 2.45) is 5.73 Å². The lowest BCUT2D eigenvalue weighted by molar-refractivity contribution is -0.0378. The number of ether oxygens (including phenoxy) is 3. The van der Waals surface area contributed by atoms with Gasteiger partial charge in [0.15, 0.2) is 0 Å². The molecule has 20 heavy (non-hydrogen) atoms. The van der Waals surface area contributed by atoms with Gasteiger partial charge in [0, 0.05) is 11.1 Å². The average molecular weight is 280 g/mol. The maximum atomic E-state index is 7.45. The monoisotopic (exact) mass is 280 g/mol. The number of rotatable bonds is 7. The van der Waals surface area contributed by atoms with Crippen molar-refractivity contribution in [3.05, 3.63) is 29.3 Å². The molecule has 0 aliphatic carbocycles. The van der Waals surface area contributed by atoms with E-state index in [2.05, 4.69) is 0 Å². The van der Waals surface area contributed by atoms with Crippen molar-refractivity contribution in [1.29, 1.82) is 5.41 Å². The fraction of sp³-hybridized carbons (Fsp3) is 0.533. The van der Waals surface area contributed by atoms with Gasteiger partial charge in [-0.25, -0.2) is 0 Å². The third-order valence-corrected chi connectivity index (χ3v) is 2.61. The highest BCUT2D eigenvalue weighted by molar-refractivity contribution is 5.95. The molecule has 0 fully saturated rings. The van der Waals surface area contributed by atoms with Crippen molar-refractivity contribution in [2.75, 3.05) is 20.3 Å². The minimum atomic E-state index is -0.157. The topological polar surface area (TPSA) is 77.6 Å². The second kappa shape index (κ2) is 7.26. The predicted octanol–water partition coefficient (Wildman–Crippen LogP) is 2.31. The fourth-order valence-electron chi connectivity index (χ4n) is 1.65. The molecule has 0 saturated heterocycles. The van der Waals surface area contributed by atoms with Gasteiger partial charge in [0.2, 0.25) is 0 Å². The fourth-order valence-corrected chi connectivity index (χ4v) is 1.65. The van der Waals surface area contributed by atoms with Gasteiger partial charge in [-0.1, -0.05) is 0 Å². The quantitative estimate of drug-likeness (QED) is 0.456. The Morgan fingerprint density at radius 2 is 1.95 bits per heavy atom. The molecule has 0 bridgehead atoms. The maximum absolute atomic E-state index is 7.45. The Labute approximate surface area is 120 Å². The van der Waals surface area contributed by atoms with Gasteiger partial charge in [-0.05, 0) is 39.0 Å². The van der Waals surface area contributed by atoms with Crippen LogP contribution in [0.15, 0.2) is 18.2 Å². The maximum Gasteiger partial charge on any atom is 0.124 e. The number of benzene rings is 1. The lowest BCUT2D eigenvalue weighted by Gasteiger charge is -2.19. The zero-order valence-corrected chi connectivity index (χ0v) is 12.7. The second-order valence-corrected chi connectivity index (χ2v) is 5.45. The van der Waals surface area contributed by atoms with Gasteiger partial charge in [-0.3, -0.25) is 5.41 Å². The van der Waals surface area contributed by atoms with Crippen LogP contribution in [0.1, 0.15) is 31.9 Å². The Morgan fingerprint density at radius 3 is 2.50 bits per heavy atom. The number of hydrogen-bond donors (Lipinski definition) is 2. The highest BCUT2D eigenvalue weighted by Crippen LogP contribution is 2.20. The van der Waals surface area contributed by atoms with E-state index >= 15 is 0 Å². The van der Waals surface area contributed by atoms with E-state index in [1.807, 2.05) is 26.8 Å². The zero-order valence-electron chi connectivity index (χ0n) is 12.7. The molecule has 0 aliphatic rings. The molecule has 112 valence electrons. The molecular weight excluding hydrogens is 256 g/mol. The lowest BCUT2D eigenvalue weighted by atomic mass is 10.1. The van der Waals surface area contributed by atoms with Crippen LogP contribution in [0, 0.1) is 5.41 Å². The summed E-state index contributed by atoms with van der Waals surface area (Å²) in [4.78, 5) is 0. The van der Waals surface area contributed by atoms with E-state index in [0.717, 1.165) is 11.3 Å². The van der Waals surface area contributed by atoms with Crippen molar-refractivity contribution in [3.63, 3.8) is 0 Å². The molecule has 5 nitrogen and oxygen atoms in total. The molecule has 1 rings (SSSR count). The number of nitrogens with two attached hydrogens (primary N) is 1. The molecule has 5 heteroatoms. The molecule has 1 aromatic carbocycles. The standard InChI is InChI=1S/C15H24N2O3/c1-15(2,3)20-8-7-19-10-12-9-11(14(16)17)5-6-13(12)18-4/h5-6,9H,7-8,10H2,1-4H3,(H3,16,17). The van der Waals surface area contributed by atoms with Crippen LogP contribution in [-0.2, 0) is 16.1 Å². The first-order valence-electron chi connectivity index (χ1n) is 6.56. The van der Waals surface area contributed by atoms with Gasteiger partial charge >= 0.3 is 0 Å². The Morgan fingerprint density at radius 1 is 1.25 bits per heavy atom. The summed E-state index contributed by atoms with van der Waals surface area (Å²) in [6, 6.07) is 5.36. The number of amidine groups is 1. The lowest BCUT2D eigenvalue weighted by Crippen LogP contribution is -2.21. The van der Waals surface area contributed by atoms with Gasteiger partial charge in [0.25, 0.3) is 0 Å². The van der Waals surface area contributed by atoms with Crippen molar-refractivity contribution in [1.82, 2.24) is 0 Å². The molecule has 0 atom stereocenters. The van der Waals surface area contributed by atoms with Crippen molar-refractivity contribution in [2.45, 2.75) is 33.0 Å². The Balaban J connectivity index is 2.53. The summed E-state index contributed by atoms with van der Waals surface area (Å²) in [7, 11) is 1.61. The molecule has 0 spiro atoms. The number of methoxy groups -OCH3 is 1. The van der Waals surface area contributed by atoms with Crippen LogP contribution < -0.4 is 10.5 Å². The first-order chi connectivity index (χ1) is 9.33. The molecule has 0 aromatic heterocycles. The van der Waals surface area contributed by atoms with Crippen LogP contribution in [0.2, 0.25) is 0 Å². The average Bonchev–Trinajstić information content (AvgIpc) is 2.36. The molecule has 0 radical (unpaired) electrons. The van der Waals surface area contributed by atoms with Crippen LogP contribution in [-0.4, -0.2) is 31.8 Å². The third kappa shape index (κ3) is 5.59. The van der Waals surface area contributed by atoms with Crippen molar-refractivity contribution >= 4 is 5.84 Å². The number of nitrogen functional groups attached to an aromatic ring is 1. The predicted molar refractivity (Wildman–Crippen MR) is 79.4 cm³/mol. The van der Waals surface area contributed by atoms with E-state index in [9.17, 15) is 0 Å². The molecule has 1 aromatic rings. The van der Waals surface area contributed by atoms with E-state index in [0.29, 0.717) is 25.4 Å². The molecule has 0 amide bonds. The first kappa shape index (κ1) is 16.5. The Kier molecular flexibility index (Phi) is 5.98. The van der Waals surface area contributed by atoms with Gasteiger partial charge in [0.1, 0.15) is 11.6 Å². The molecule has 3 N–H and O–H groups in total. The second-order valence-electron chi connectivity index (χ2n) is 5.45. The van der Waals surface area contributed by atoms with Crippen LogP contribution >= 0.6 is 0 Å². The summed E-state index contributed by atoms with van der Waals surface area (Å²) in [5.74, 6) is 0.761. The van der Waals surface area contributed by atoms with Crippen LogP contribution in [0.5, 0.6) is 5.75 Å². The third-order valence-electron chi connectivity index (χ3n) is 2.61. The van der Waals surface area contributed by atoms with Gasteiger partial charge in [-0.2, -0.15) is 0 Å². The highest BCUT2D eigenvalue weighted by Gasteiger charge is 2.10. The normalized spacial score (nSPS) is 11.4. The Hall–Kier alpha value is -1.59. The van der Waals surface area contributed by atoms with Crippen molar-refractivity contribution in [3.8, 4) is 5.75 Å². The van der Waals surface area contributed by atoms with E-state index in [-0.39, 0.29) is 11.4 Å². The van der Waals surface area contributed by atoms with Crippen LogP contribution in [0.4, 0.5) is 0 Å². The largest absolute Gasteiger partial charge is 0.496 e. The summed E-state index contributed by atoms with van der Waals surface area (Å²) in [6.45, 7) is 7.46. The molecule has 0 saturated carbocycles. The van der Waals surface area contributed by atoms with E-state index in [1.54, 1.807) is 19.2 Å². The summed E-state index contributed by atoms with van der Waals surface area (Å²) < 4.78 is 16.4. The van der Waals surface area contributed by atoms with Crippen LogP contribution in [0.25, 0.3) is 0 Å². The SMILES string of the molecule is COc1ccc(C(=N)N)cc1COCCOC(C)(C)C. The van der Waals surface area contributed by atoms with Gasteiger partial charge < -0.3 is 19.9 Å². The van der Waals surface area contributed by atoms with E-state index in [1.165, 1.54) is 0 Å². The van der Waals surface area contributed by atoms with Gasteiger partial charge in [0.05, 0.1) is 32.5 Å². The first-order valence-corrected chi connectivity index (χ1v) is 6.56. The zero-order chi connectivity index (χ0) is 15.2. The molecule has 0 aliphatic heterocycles. The van der Waals surface area contributed by atoms with Crippen LogP contribution in [0.3, 0.4) is 0 Å². The molecular formula is C15H24N2O3. The van der Waals surface area contributed by atoms with E-state index < -0.39 is 0 Å². The van der Waals surface area contributed by atoms with Gasteiger partial charge in [-0.15, -0.1) is 0 Å².